The van der Waals surface area contributed by atoms with Gasteiger partial charge in [0.25, 0.3) is 0 Å². The van der Waals surface area contributed by atoms with E-state index in [1.54, 1.807) is 18.2 Å². The van der Waals surface area contributed by atoms with E-state index in [1.165, 1.54) is 18.7 Å². The third-order valence-electron chi connectivity index (χ3n) is 3.54. The molecule has 6 heteroatoms. The minimum absolute atomic E-state index is 0.114. The summed E-state index contributed by atoms with van der Waals surface area (Å²) >= 11 is 4.83. The molecule has 0 atom stereocenters. The molecular weight excluding hydrogens is 414 g/mol. The summed E-state index contributed by atoms with van der Waals surface area (Å²) in [5.74, 6) is 0.318. The third kappa shape index (κ3) is 5.09. The van der Waals surface area contributed by atoms with Crippen molar-refractivity contribution >= 4 is 56.0 Å². The van der Waals surface area contributed by atoms with Crippen LogP contribution in [0.2, 0.25) is 0 Å². The largest absolute Gasteiger partial charge is 0.426 e. The molecule has 0 aliphatic carbocycles. The molecule has 1 N–H and O–H groups in total. The average molecular weight is 430 g/mol. The van der Waals surface area contributed by atoms with E-state index >= 15 is 0 Å². The van der Waals surface area contributed by atoms with Gasteiger partial charge in [-0.15, -0.1) is 11.8 Å². The van der Waals surface area contributed by atoms with Crippen LogP contribution >= 0.6 is 27.7 Å². The zero-order valence-electron chi connectivity index (χ0n) is 14.0. The number of benzene rings is 3. The molecule has 0 bridgehead atoms. The summed E-state index contributed by atoms with van der Waals surface area (Å²) in [6.07, 6.45) is 0. The Bertz CT molecular complexity index is 957. The first-order chi connectivity index (χ1) is 12.5. The number of esters is 1. The monoisotopic (exact) mass is 429 g/mol. The van der Waals surface area contributed by atoms with Crippen molar-refractivity contribution in [3.63, 3.8) is 0 Å². The smallest absolute Gasteiger partial charge is 0.321 e. The third-order valence-corrected chi connectivity index (χ3v) is 5.02. The normalized spacial score (nSPS) is 10.5. The van der Waals surface area contributed by atoms with Crippen LogP contribution in [0.15, 0.2) is 70.0 Å². The predicted molar refractivity (Wildman–Crippen MR) is 109 cm³/mol. The fourth-order valence-corrected chi connectivity index (χ4v) is 3.45. The van der Waals surface area contributed by atoms with Crippen molar-refractivity contribution in [1.29, 1.82) is 0 Å². The Morgan fingerprint density at radius 3 is 2.42 bits per heavy atom. The number of amides is 1. The number of halogens is 1. The van der Waals surface area contributed by atoms with E-state index in [0.29, 0.717) is 5.75 Å². The van der Waals surface area contributed by atoms with Gasteiger partial charge in [-0.05, 0) is 59.3 Å². The minimum Gasteiger partial charge on any atom is -0.426 e. The Morgan fingerprint density at radius 2 is 1.69 bits per heavy atom. The van der Waals surface area contributed by atoms with Crippen molar-refractivity contribution in [2.45, 2.75) is 11.8 Å². The quantitative estimate of drug-likeness (QED) is 0.341. The number of nitrogens with one attached hydrogen (secondary N) is 1. The molecule has 3 aromatic carbocycles. The first-order valence-corrected chi connectivity index (χ1v) is 9.68. The van der Waals surface area contributed by atoms with Crippen LogP contribution in [0.1, 0.15) is 6.92 Å². The highest BCUT2D eigenvalue weighted by atomic mass is 79.9. The number of carbonyl (C=O) groups excluding carboxylic acids is 2. The highest BCUT2D eigenvalue weighted by molar-refractivity contribution is 9.10. The molecule has 0 fully saturated rings. The molecule has 1 amide bonds. The number of carbonyl (C=O) groups is 2. The fraction of sp³-hybridized carbons (Fsp3) is 0.100. The summed E-state index contributed by atoms with van der Waals surface area (Å²) in [5, 5.41) is 4.80. The van der Waals surface area contributed by atoms with Crippen molar-refractivity contribution in [1.82, 2.24) is 0 Å². The van der Waals surface area contributed by atoms with Crippen LogP contribution in [-0.4, -0.2) is 17.6 Å². The van der Waals surface area contributed by atoms with Gasteiger partial charge in [0, 0.05) is 22.0 Å². The molecular formula is C20H16BrNO3S. The molecule has 0 heterocycles. The lowest BCUT2D eigenvalue weighted by molar-refractivity contribution is -0.131. The number of thioether (sulfide) groups is 1. The summed E-state index contributed by atoms with van der Waals surface area (Å²) < 4.78 is 6.43. The minimum atomic E-state index is -0.308. The number of hydrogen-bond acceptors (Lipinski definition) is 4. The number of rotatable bonds is 5. The van der Waals surface area contributed by atoms with E-state index in [4.69, 9.17) is 4.74 Å². The van der Waals surface area contributed by atoms with Gasteiger partial charge >= 0.3 is 5.97 Å². The zero-order valence-corrected chi connectivity index (χ0v) is 16.4. The van der Waals surface area contributed by atoms with Crippen molar-refractivity contribution in [2.24, 2.45) is 0 Å². The second-order valence-electron chi connectivity index (χ2n) is 5.62. The van der Waals surface area contributed by atoms with Crippen molar-refractivity contribution in [3.05, 3.63) is 65.1 Å². The van der Waals surface area contributed by atoms with Gasteiger partial charge < -0.3 is 10.1 Å². The van der Waals surface area contributed by atoms with Crippen LogP contribution in [0.5, 0.6) is 5.75 Å². The molecule has 3 aromatic rings. The van der Waals surface area contributed by atoms with E-state index in [-0.39, 0.29) is 17.6 Å². The summed E-state index contributed by atoms with van der Waals surface area (Å²) in [4.78, 5) is 24.0. The Labute approximate surface area is 164 Å². The van der Waals surface area contributed by atoms with Crippen LogP contribution in [0.3, 0.4) is 0 Å². The van der Waals surface area contributed by atoms with E-state index in [2.05, 4.69) is 21.2 Å². The molecule has 132 valence electrons. The maximum absolute atomic E-state index is 12.1. The van der Waals surface area contributed by atoms with Crippen LogP contribution in [0.25, 0.3) is 10.8 Å². The van der Waals surface area contributed by atoms with Gasteiger partial charge in [-0.3, -0.25) is 9.59 Å². The Kier molecular flexibility index (Phi) is 5.96. The molecule has 0 spiro atoms. The Hall–Kier alpha value is -2.31. The second kappa shape index (κ2) is 8.38. The molecule has 0 aliphatic rings. The van der Waals surface area contributed by atoms with Crippen LogP contribution in [-0.2, 0) is 9.59 Å². The fourth-order valence-electron chi connectivity index (χ4n) is 2.40. The van der Waals surface area contributed by atoms with Gasteiger partial charge in [0.1, 0.15) is 5.75 Å². The lowest BCUT2D eigenvalue weighted by Crippen LogP contribution is -2.10. The second-order valence-corrected chi connectivity index (χ2v) is 7.59. The van der Waals surface area contributed by atoms with Crippen molar-refractivity contribution < 1.29 is 14.3 Å². The first kappa shape index (κ1) is 18.5. The lowest BCUT2D eigenvalue weighted by atomic mass is 10.1. The number of hydrogen-bond donors (Lipinski definition) is 1. The number of anilines is 1. The molecule has 3 rings (SSSR count). The van der Waals surface area contributed by atoms with Gasteiger partial charge in [0.2, 0.25) is 5.91 Å². The van der Waals surface area contributed by atoms with Gasteiger partial charge in [-0.2, -0.15) is 0 Å². The Morgan fingerprint density at radius 1 is 1.00 bits per heavy atom. The zero-order chi connectivity index (χ0) is 18.5. The van der Waals surface area contributed by atoms with Gasteiger partial charge in [0.05, 0.1) is 5.75 Å². The van der Waals surface area contributed by atoms with Gasteiger partial charge in [-0.1, -0.05) is 28.1 Å². The maximum Gasteiger partial charge on any atom is 0.321 e. The summed E-state index contributed by atoms with van der Waals surface area (Å²) in [6, 6.07) is 18.8. The maximum atomic E-state index is 12.1. The highest BCUT2D eigenvalue weighted by Gasteiger charge is 2.07. The highest BCUT2D eigenvalue weighted by Crippen LogP contribution is 2.25. The van der Waals surface area contributed by atoms with Crippen LogP contribution in [0, 0.1) is 0 Å². The summed E-state index contributed by atoms with van der Waals surface area (Å²) in [5.41, 5.74) is 0.729. The first-order valence-electron chi connectivity index (χ1n) is 7.90. The number of ether oxygens (including phenoxy) is 1. The molecule has 0 saturated carbocycles. The lowest BCUT2D eigenvalue weighted by Gasteiger charge is -2.07. The van der Waals surface area contributed by atoms with Crippen LogP contribution in [0.4, 0.5) is 5.69 Å². The predicted octanol–water partition coefficient (Wildman–Crippen LogP) is 5.26. The molecule has 0 unspecified atom stereocenters. The molecule has 0 radical (unpaired) electrons. The standard InChI is InChI=1S/C20H16BrNO3S/c1-13(23)22-17-5-8-19(9-6-17)26-12-20(24)25-18-7-3-14-10-16(21)4-2-15(14)11-18/h2-11H,12H2,1H3,(H,22,23). The van der Waals surface area contributed by atoms with Crippen molar-refractivity contribution in [3.8, 4) is 5.75 Å². The molecule has 0 aliphatic heterocycles. The molecule has 26 heavy (non-hydrogen) atoms. The van der Waals surface area contributed by atoms with Crippen molar-refractivity contribution in [2.75, 3.05) is 11.1 Å². The van der Waals surface area contributed by atoms with E-state index in [1.807, 2.05) is 42.5 Å². The van der Waals surface area contributed by atoms with E-state index in [9.17, 15) is 9.59 Å². The SMILES string of the molecule is CC(=O)Nc1ccc(SCC(=O)Oc2ccc3cc(Br)ccc3c2)cc1. The summed E-state index contributed by atoms with van der Waals surface area (Å²) in [6.45, 7) is 1.46. The van der Waals surface area contributed by atoms with Gasteiger partial charge in [-0.25, -0.2) is 0 Å². The topological polar surface area (TPSA) is 55.4 Å². The average Bonchev–Trinajstić information content (AvgIpc) is 2.61. The molecule has 0 saturated heterocycles. The molecule has 4 nitrogen and oxygen atoms in total. The van der Waals surface area contributed by atoms with E-state index in [0.717, 1.165) is 25.8 Å². The van der Waals surface area contributed by atoms with Gasteiger partial charge in [0.15, 0.2) is 0 Å². The summed E-state index contributed by atoms with van der Waals surface area (Å²) in [7, 11) is 0. The number of fused-ring (bicyclic) bond motifs is 1. The molecule has 0 aromatic heterocycles. The Balaban J connectivity index is 1.57. The van der Waals surface area contributed by atoms with Crippen LogP contribution < -0.4 is 10.1 Å². The van der Waals surface area contributed by atoms with E-state index < -0.39 is 0 Å².